The molecule has 1 aromatic carbocycles. The van der Waals surface area contributed by atoms with Gasteiger partial charge in [0, 0.05) is 12.1 Å². The van der Waals surface area contributed by atoms with Crippen molar-refractivity contribution in [1.82, 2.24) is 5.32 Å². The normalized spacial score (nSPS) is 12.7. The predicted molar refractivity (Wildman–Crippen MR) is 87.2 cm³/mol. The molecule has 0 spiro atoms. The van der Waals surface area contributed by atoms with Crippen molar-refractivity contribution in [2.75, 3.05) is 6.54 Å². The van der Waals surface area contributed by atoms with Gasteiger partial charge < -0.3 is 10.1 Å². The van der Waals surface area contributed by atoms with E-state index in [-0.39, 0.29) is 6.10 Å². The molecule has 1 N–H and O–H groups in total. The van der Waals surface area contributed by atoms with E-state index in [1.54, 1.807) is 0 Å². The Hall–Kier alpha value is -1.02. The summed E-state index contributed by atoms with van der Waals surface area (Å²) in [5.41, 5.74) is 1.26. The number of rotatable bonds is 10. The second-order valence-corrected chi connectivity index (χ2v) is 5.82. The van der Waals surface area contributed by atoms with Crippen LogP contribution in [0.15, 0.2) is 24.3 Å². The van der Waals surface area contributed by atoms with Crippen LogP contribution in [0.25, 0.3) is 0 Å². The lowest BCUT2D eigenvalue weighted by Crippen LogP contribution is -2.22. The van der Waals surface area contributed by atoms with Gasteiger partial charge in [0.25, 0.3) is 0 Å². The number of hydrogen-bond acceptors (Lipinski definition) is 2. The fourth-order valence-electron chi connectivity index (χ4n) is 2.37. The molecule has 0 radical (unpaired) electrons. The van der Waals surface area contributed by atoms with Crippen molar-refractivity contribution < 1.29 is 4.74 Å². The molecule has 0 heterocycles. The molecule has 20 heavy (non-hydrogen) atoms. The highest BCUT2D eigenvalue weighted by Crippen LogP contribution is 2.19. The van der Waals surface area contributed by atoms with Gasteiger partial charge in [-0.3, -0.25) is 0 Å². The highest BCUT2D eigenvalue weighted by Gasteiger charge is 2.07. The van der Waals surface area contributed by atoms with Gasteiger partial charge in [-0.1, -0.05) is 51.3 Å². The Morgan fingerprint density at radius 1 is 1.15 bits per heavy atom. The molecule has 2 heteroatoms. The van der Waals surface area contributed by atoms with E-state index in [2.05, 4.69) is 51.2 Å². The second kappa shape index (κ2) is 9.82. The third-order valence-electron chi connectivity index (χ3n) is 3.63. The minimum atomic E-state index is 0.226. The van der Waals surface area contributed by atoms with E-state index >= 15 is 0 Å². The molecule has 0 aliphatic heterocycles. The number of benzene rings is 1. The molecule has 0 saturated carbocycles. The van der Waals surface area contributed by atoms with Crippen LogP contribution in [0.4, 0.5) is 0 Å². The van der Waals surface area contributed by atoms with Gasteiger partial charge in [0.15, 0.2) is 0 Å². The maximum atomic E-state index is 5.85. The van der Waals surface area contributed by atoms with Crippen LogP contribution in [0, 0.1) is 5.92 Å². The molecule has 1 unspecified atom stereocenters. The minimum absolute atomic E-state index is 0.226. The van der Waals surface area contributed by atoms with Crippen molar-refractivity contribution in [2.24, 2.45) is 5.92 Å². The summed E-state index contributed by atoms with van der Waals surface area (Å²) in [5.74, 6) is 1.81. The summed E-state index contributed by atoms with van der Waals surface area (Å²) in [4.78, 5) is 0. The van der Waals surface area contributed by atoms with Crippen LogP contribution in [0.5, 0.6) is 5.75 Å². The van der Waals surface area contributed by atoms with Crippen LogP contribution >= 0.6 is 0 Å². The molecule has 0 amide bonds. The minimum Gasteiger partial charge on any atom is -0.491 e. The van der Waals surface area contributed by atoms with Crippen molar-refractivity contribution in [3.63, 3.8) is 0 Å². The largest absolute Gasteiger partial charge is 0.491 e. The van der Waals surface area contributed by atoms with Crippen molar-refractivity contribution in [1.29, 1.82) is 0 Å². The molecule has 114 valence electrons. The van der Waals surface area contributed by atoms with Gasteiger partial charge in [0.05, 0.1) is 6.10 Å². The van der Waals surface area contributed by atoms with Crippen LogP contribution in [-0.2, 0) is 6.54 Å². The van der Waals surface area contributed by atoms with Gasteiger partial charge in [-0.2, -0.15) is 0 Å². The molecule has 0 aliphatic rings. The zero-order valence-electron chi connectivity index (χ0n) is 13.6. The third kappa shape index (κ3) is 6.42. The number of para-hydroxylation sites is 1. The Morgan fingerprint density at radius 2 is 1.90 bits per heavy atom. The van der Waals surface area contributed by atoms with Gasteiger partial charge >= 0.3 is 0 Å². The summed E-state index contributed by atoms with van der Waals surface area (Å²) in [6, 6.07) is 8.33. The first kappa shape index (κ1) is 17.0. The van der Waals surface area contributed by atoms with Gasteiger partial charge in [0.2, 0.25) is 0 Å². The van der Waals surface area contributed by atoms with Gasteiger partial charge in [-0.15, -0.1) is 0 Å². The molecule has 0 aromatic heterocycles. The quantitative estimate of drug-likeness (QED) is 0.664. The van der Waals surface area contributed by atoms with Crippen molar-refractivity contribution >= 4 is 0 Å². The first-order valence-corrected chi connectivity index (χ1v) is 8.12. The molecular weight excluding hydrogens is 246 g/mol. The molecule has 2 nitrogen and oxygen atoms in total. The summed E-state index contributed by atoms with van der Waals surface area (Å²) < 4.78 is 5.85. The van der Waals surface area contributed by atoms with Crippen molar-refractivity contribution in [3.8, 4) is 5.75 Å². The average Bonchev–Trinajstić information content (AvgIpc) is 2.43. The molecule has 0 aliphatic carbocycles. The van der Waals surface area contributed by atoms with Gasteiger partial charge in [-0.25, -0.2) is 0 Å². The SMILES string of the molecule is CCCCC(CC)CNCc1ccccc1OC(C)C. The monoisotopic (exact) mass is 277 g/mol. The van der Waals surface area contributed by atoms with Crippen LogP contribution < -0.4 is 10.1 Å². The lowest BCUT2D eigenvalue weighted by molar-refractivity contribution is 0.239. The molecule has 0 fully saturated rings. The summed E-state index contributed by atoms with van der Waals surface area (Å²) in [6.07, 6.45) is 5.46. The summed E-state index contributed by atoms with van der Waals surface area (Å²) >= 11 is 0. The smallest absolute Gasteiger partial charge is 0.124 e. The summed E-state index contributed by atoms with van der Waals surface area (Å²) in [7, 11) is 0. The Bertz CT molecular complexity index is 362. The van der Waals surface area contributed by atoms with Crippen LogP contribution in [-0.4, -0.2) is 12.6 Å². The predicted octanol–water partition coefficient (Wildman–Crippen LogP) is 4.78. The Balaban J connectivity index is 2.44. The van der Waals surface area contributed by atoms with Crippen LogP contribution in [0.2, 0.25) is 0 Å². The highest BCUT2D eigenvalue weighted by atomic mass is 16.5. The third-order valence-corrected chi connectivity index (χ3v) is 3.63. The second-order valence-electron chi connectivity index (χ2n) is 5.82. The molecule has 0 bridgehead atoms. The number of nitrogens with one attached hydrogen (secondary N) is 1. The lowest BCUT2D eigenvalue weighted by atomic mass is 9.99. The summed E-state index contributed by atoms with van der Waals surface area (Å²) in [6.45, 7) is 10.7. The lowest BCUT2D eigenvalue weighted by Gasteiger charge is -2.17. The highest BCUT2D eigenvalue weighted by molar-refractivity contribution is 5.33. The molecule has 1 atom stereocenters. The fraction of sp³-hybridized carbons (Fsp3) is 0.667. The molecule has 1 rings (SSSR count). The van der Waals surface area contributed by atoms with E-state index < -0.39 is 0 Å². The van der Waals surface area contributed by atoms with Crippen molar-refractivity contribution in [3.05, 3.63) is 29.8 Å². The van der Waals surface area contributed by atoms with Gasteiger partial charge in [-0.05, 0) is 38.8 Å². The number of ether oxygens (including phenoxy) is 1. The number of hydrogen-bond donors (Lipinski definition) is 1. The van der Waals surface area contributed by atoms with E-state index in [0.717, 1.165) is 24.8 Å². The van der Waals surface area contributed by atoms with Gasteiger partial charge in [0.1, 0.15) is 5.75 Å². The van der Waals surface area contributed by atoms with E-state index in [9.17, 15) is 0 Å². The zero-order chi connectivity index (χ0) is 14.8. The van der Waals surface area contributed by atoms with Crippen LogP contribution in [0.1, 0.15) is 58.9 Å². The standard InChI is InChI=1S/C18H31NO/c1-5-7-10-16(6-2)13-19-14-17-11-8-9-12-18(17)20-15(3)4/h8-9,11-12,15-16,19H,5-7,10,13-14H2,1-4H3. The van der Waals surface area contributed by atoms with E-state index in [4.69, 9.17) is 4.74 Å². The zero-order valence-corrected chi connectivity index (χ0v) is 13.6. The first-order chi connectivity index (χ1) is 9.67. The maximum Gasteiger partial charge on any atom is 0.124 e. The topological polar surface area (TPSA) is 21.3 Å². The molecule has 1 aromatic rings. The maximum absolute atomic E-state index is 5.85. The Morgan fingerprint density at radius 3 is 2.55 bits per heavy atom. The molecular formula is C18H31NO. The Kier molecular flexibility index (Phi) is 8.36. The summed E-state index contributed by atoms with van der Waals surface area (Å²) in [5, 5.41) is 3.60. The van der Waals surface area contributed by atoms with Crippen LogP contribution in [0.3, 0.4) is 0 Å². The number of unbranched alkanes of at least 4 members (excludes halogenated alkanes) is 1. The fourth-order valence-corrected chi connectivity index (χ4v) is 2.37. The average molecular weight is 277 g/mol. The van der Waals surface area contributed by atoms with E-state index in [0.29, 0.717) is 0 Å². The van der Waals surface area contributed by atoms with Crippen molar-refractivity contribution in [2.45, 2.75) is 66.0 Å². The van der Waals surface area contributed by atoms with E-state index in [1.807, 2.05) is 6.07 Å². The first-order valence-electron chi connectivity index (χ1n) is 8.12. The Labute approximate surface area is 124 Å². The van der Waals surface area contributed by atoms with E-state index in [1.165, 1.54) is 31.2 Å². The molecule has 0 saturated heterocycles.